The summed E-state index contributed by atoms with van der Waals surface area (Å²) in [6.45, 7) is 6.10. The van der Waals surface area contributed by atoms with Gasteiger partial charge >= 0.3 is 5.97 Å². The maximum atomic E-state index is 13.5. The number of rotatable bonds is 7. The molecule has 2 heterocycles. The van der Waals surface area contributed by atoms with Gasteiger partial charge in [0, 0.05) is 15.8 Å². The number of pyridine rings is 1. The van der Waals surface area contributed by atoms with Gasteiger partial charge in [0.1, 0.15) is 5.00 Å². The van der Waals surface area contributed by atoms with Gasteiger partial charge < -0.3 is 10.1 Å². The van der Waals surface area contributed by atoms with Gasteiger partial charge in [-0.25, -0.2) is 9.78 Å². The average molecular weight is 473 g/mol. The van der Waals surface area contributed by atoms with E-state index in [1.807, 2.05) is 44.2 Å². The van der Waals surface area contributed by atoms with Gasteiger partial charge in [0.2, 0.25) is 0 Å². The lowest BCUT2D eigenvalue weighted by atomic mass is 10.0. The van der Waals surface area contributed by atoms with E-state index in [1.165, 1.54) is 24.0 Å². The minimum absolute atomic E-state index is 0.281. The van der Waals surface area contributed by atoms with Crippen molar-refractivity contribution in [2.45, 2.75) is 40.0 Å². The Morgan fingerprint density at radius 3 is 2.47 bits per heavy atom. The fourth-order valence-electron chi connectivity index (χ4n) is 4.22. The Morgan fingerprint density at radius 1 is 1.06 bits per heavy atom. The second-order valence-electron chi connectivity index (χ2n) is 8.16. The summed E-state index contributed by atoms with van der Waals surface area (Å²) in [5.74, 6) is -0.722. The van der Waals surface area contributed by atoms with Crippen LogP contribution < -0.4 is 5.32 Å². The van der Waals surface area contributed by atoms with Crippen LogP contribution in [0.15, 0.2) is 54.6 Å². The molecule has 0 saturated carbocycles. The first-order chi connectivity index (χ1) is 16.5. The summed E-state index contributed by atoms with van der Waals surface area (Å²) in [6, 6.07) is 17.8. The number of para-hydroxylation sites is 1. The number of aryl methyl sites for hydroxylation is 2. The number of benzene rings is 2. The highest BCUT2D eigenvalue weighted by atomic mass is 32.1. The summed E-state index contributed by atoms with van der Waals surface area (Å²) < 4.78 is 5.00. The Labute approximate surface area is 203 Å². The molecule has 0 aliphatic rings. The molecule has 4 rings (SSSR count). The zero-order chi connectivity index (χ0) is 24.2. The zero-order valence-corrected chi connectivity index (χ0v) is 20.7. The lowest BCUT2D eigenvalue weighted by Crippen LogP contribution is -2.15. The van der Waals surface area contributed by atoms with Crippen molar-refractivity contribution >= 4 is 39.1 Å². The van der Waals surface area contributed by atoms with Crippen molar-refractivity contribution in [3.8, 4) is 11.3 Å². The number of fused-ring (bicyclic) bond motifs is 1. The number of hydrogen-bond acceptors (Lipinski definition) is 5. The molecule has 2 aromatic heterocycles. The summed E-state index contributed by atoms with van der Waals surface area (Å²) in [6.07, 6.45) is 2.80. The van der Waals surface area contributed by atoms with E-state index in [2.05, 4.69) is 36.5 Å². The normalized spacial score (nSPS) is 10.9. The number of carbonyl (C=O) groups excluding carboxylic acids is 2. The molecule has 2 aromatic carbocycles. The quantitative estimate of drug-likeness (QED) is 0.300. The van der Waals surface area contributed by atoms with Gasteiger partial charge in [-0.1, -0.05) is 62.7 Å². The molecule has 0 fully saturated rings. The summed E-state index contributed by atoms with van der Waals surface area (Å²) in [5, 5.41) is 4.26. The maximum Gasteiger partial charge on any atom is 0.341 e. The molecule has 0 aliphatic heterocycles. The van der Waals surface area contributed by atoms with Gasteiger partial charge in [0.15, 0.2) is 0 Å². The molecule has 6 heteroatoms. The number of nitrogens with one attached hydrogen (secondary N) is 1. The van der Waals surface area contributed by atoms with Crippen molar-refractivity contribution < 1.29 is 14.3 Å². The van der Waals surface area contributed by atoms with E-state index < -0.39 is 5.97 Å². The van der Waals surface area contributed by atoms with Crippen molar-refractivity contribution in [1.82, 2.24) is 4.98 Å². The maximum absolute atomic E-state index is 13.5. The highest BCUT2D eigenvalue weighted by molar-refractivity contribution is 7.16. The van der Waals surface area contributed by atoms with E-state index in [9.17, 15) is 9.59 Å². The molecule has 174 valence electrons. The molecule has 0 atom stereocenters. The van der Waals surface area contributed by atoms with Crippen molar-refractivity contribution in [3.05, 3.63) is 81.7 Å². The predicted molar refractivity (Wildman–Crippen MR) is 139 cm³/mol. The Balaban J connectivity index is 1.77. The topological polar surface area (TPSA) is 68.3 Å². The van der Waals surface area contributed by atoms with Crippen LogP contribution in [0.1, 0.15) is 57.0 Å². The molecular formula is C28H28N2O3S. The van der Waals surface area contributed by atoms with E-state index in [0.29, 0.717) is 22.5 Å². The van der Waals surface area contributed by atoms with E-state index in [-0.39, 0.29) is 5.91 Å². The van der Waals surface area contributed by atoms with Crippen LogP contribution in [0.25, 0.3) is 22.2 Å². The number of ether oxygens (including phenoxy) is 1. The minimum Gasteiger partial charge on any atom is -0.465 e. The Kier molecular flexibility index (Phi) is 7.08. The van der Waals surface area contributed by atoms with Crippen molar-refractivity contribution in [2.24, 2.45) is 0 Å². The Hall–Kier alpha value is -3.51. The lowest BCUT2D eigenvalue weighted by Gasteiger charge is -2.11. The number of esters is 1. The summed E-state index contributed by atoms with van der Waals surface area (Å²) in [4.78, 5) is 31.8. The average Bonchev–Trinajstić information content (AvgIpc) is 3.17. The molecule has 5 nitrogen and oxygen atoms in total. The fraction of sp³-hybridized carbons (Fsp3) is 0.250. The number of methoxy groups -OCH3 is 1. The lowest BCUT2D eigenvalue weighted by molar-refractivity contribution is 0.0601. The van der Waals surface area contributed by atoms with E-state index >= 15 is 0 Å². The number of anilines is 1. The van der Waals surface area contributed by atoms with Gasteiger partial charge in [0.05, 0.1) is 29.4 Å². The molecule has 0 bridgehead atoms. The molecule has 4 aromatic rings. The summed E-state index contributed by atoms with van der Waals surface area (Å²) in [7, 11) is 1.36. The van der Waals surface area contributed by atoms with Crippen LogP contribution in [-0.4, -0.2) is 24.0 Å². The highest BCUT2D eigenvalue weighted by Gasteiger charge is 2.24. The van der Waals surface area contributed by atoms with Crippen molar-refractivity contribution in [1.29, 1.82) is 0 Å². The second kappa shape index (κ2) is 10.2. The first-order valence-electron chi connectivity index (χ1n) is 11.5. The molecule has 1 amide bonds. The first kappa shape index (κ1) is 23.6. The molecule has 0 aliphatic carbocycles. The van der Waals surface area contributed by atoms with Crippen LogP contribution in [-0.2, 0) is 17.6 Å². The van der Waals surface area contributed by atoms with Gasteiger partial charge in [-0.05, 0) is 43.0 Å². The number of nitrogens with zero attached hydrogens (tertiary/aromatic N) is 1. The zero-order valence-electron chi connectivity index (χ0n) is 19.9. The SMILES string of the molecule is CCCc1ccc(-c2cc(C(=O)Nc3sc(C)c(CC)c3C(=O)OC)c3ccccc3n2)cc1. The number of carbonyl (C=O) groups is 2. The van der Waals surface area contributed by atoms with Crippen LogP contribution in [0, 0.1) is 6.92 Å². The molecule has 0 spiro atoms. The van der Waals surface area contributed by atoms with Crippen molar-refractivity contribution in [2.75, 3.05) is 12.4 Å². The molecule has 34 heavy (non-hydrogen) atoms. The van der Waals surface area contributed by atoms with Crippen LogP contribution in [0.5, 0.6) is 0 Å². The van der Waals surface area contributed by atoms with Crippen LogP contribution >= 0.6 is 11.3 Å². The monoisotopic (exact) mass is 472 g/mol. The third-order valence-electron chi connectivity index (χ3n) is 5.93. The van der Waals surface area contributed by atoms with Crippen molar-refractivity contribution in [3.63, 3.8) is 0 Å². The third kappa shape index (κ3) is 4.59. The minimum atomic E-state index is -0.441. The largest absolute Gasteiger partial charge is 0.465 e. The van der Waals surface area contributed by atoms with Gasteiger partial charge in [0.25, 0.3) is 5.91 Å². The van der Waals surface area contributed by atoms with E-state index in [0.717, 1.165) is 45.4 Å². The first-order valence-corrected chi connectivity index (χ1v) is 12.3. The molecule has 0 radical (unpaired) electrons. The van der Waals surface area contributed by atoms with Gasteiger partial charge in [-0.2, -0.15) is 0 Å². The Bertz CT molecular complexity index is 1360. The van der Waals surface area contributed by atoms with E-state index in [1.54, 1.807) is 0 Å². The second-order valence-corrected chi connectivity index (χ2v) is 9.38. The molecule has 0 saturated heterocycles. The molecular weight excluding hydrogens is 444 g/mol. The van der Waals surface area contributed by atoms with Crippen LogP contribution in [0.2, 0.25) is 0 Å². The van der Waals surface area contributed by atoms with Gasteiger partial charge in [-0.3, -0.25) is 4.79 Å². The number of thiophene rings is 1. The van der Waals surface area contributed by atoms with Gasteiger partial charge in [-0.15, -0.1) is 11.3 Å². The summed E-state index contributed by atoms with van der Waals surface area (Å²) in [5.41, 5.74) is 5.56. The third-order valence-corrected chi connectivity index (χ3v) is 6.99. The highest BCUT2D eigenvalue weighted by Crippen LogP contribution is 2.35. The smallest absolute Gasteiger partial charge is 0.341 e. The number of amides is 1. The summed E-state index contributed by atoms with van der Waals surface area (Å²) >= 11 is 1.40. The molecule has 1 N–H and O–H groups in total. The fourth-order valence-corrected chi connectivity index (χ4v) is 5.35. The van der Waals surface area contributed by atoms with Crippen LogP contribution in [0.3, 0.4) is 0 Å². The van der Waals surface area contributed by atoms with E-state index in [4.69, 9.17) is 9.72 Å². The standard InChI is InChI=1S/C28H28N2O3S/c1-5-9-18-12-14-19(15-13-18)24-16-22(21-10-7-8-11-23(21)29-24)26(31)30-27-25(28(32)33-4)20(6-2)17(3)34-27/h7-8,10-16H,5-6,9H2,1-4H3,(H,30,31). The number of hydrogen-bond donors (Lipinski definition) is 1. The molecule has 0 unspecified atom stereocenters. The number of aromatic nitrogens is 1. The predicted octanol–water partition coefficient (Wildman–Crippen LogP) is 6.83. The van der Waals surface area contributed by atoms with Crippen LogP contribution in [0.4, 0.5) is 5.00 Å². The Morgan fingerprint density at radius 2 is 1.79 bits per heavy atom.